The van der Waals surface area contributed by atoms with Crippen LogP contribution in [-0.4, -0.2) is 22.8 Å². The summed E-state index contributed by atoms with van der Waals surface area (Å²) in [6.45, 7) is 1.94. The summed E-state index contributed by atoms with van der Waals surface area (Å²) in [7, 11) is 0. The van der Waals surface area contributed by atoms with Gasteiger partial charge >= 0.3 is 12.1 Å². The van der Waals surface area contributed by atoms with Gasteiger partial charge in [-0.2, -0.15) is 13.2 Å². The van der Waals surface area contributed by atoms with E-state index < -0.39 is 11.7 Å². The smallest absolute Gasteiger partial charge is 0.416 e. The van der Waals surface area contributed by atoms with Gasteiger partial charge in [-0.15, -0.1) is 0 Å². The molecule has 0 amide bonds. The van der Waals surface area contributed by atoms with E-state index in [2.05, 4.69) is 11.1 Å². The molecule has 3 fully saturated rings. The lowest BCUT2D eigenvalue weighted by atomic mass is 9.57. The first-order chi connectivity index (χ1) is 16.2. The van der Waals surface area contributed by atoms with E-state index >= 15 is 0 Å². The fraction of sp³-hybridized carbons (Fsp3) is 0.444. The SMILES string of the molecule is C[C@H]1OC(=O)[C@@H]2C[C@@H]3CC(=O)CC[C@H]3[C@H](C=Cc3ccc(-c4cccc(C(F)(F)F)c4)cn3)[C@H]12. The van der Waals surface area contributed by atoms with Gasteiger partial charge in [0.05, 0.1) is 17.2 Å². The molecule has 0 unspecified atom stereocenters. The number of rotatable bonds is 3. The summed E-state index contributed by atoms with van der Waals surface area (Å²) in [5.41, 5.74) is 1.07. The molecule has 2 heterocycles. The van der Waals surface area contributed by atoms with Crippen LogP contribution in [0.2, 0.25) is 0 Å². The van der Waals surface area contributed by atoms with Crippen LogP contribution in [0.4, 0.5) is 13.2 Å². The number of allylic oxidation sites excluding steroid dienone is 1. The zero-order valence-electron chi connectivity index (χ0n) is 18.8. The number of nitrogens with zero attached hydrogens (tertiary/aromatic N) is 1. The number of benzene rings is 1. The highest BCUT2D eigenvalue weighted by molar-refractivity contribution is 5.80. The maximum Gasteiger partial charge on any atom is 0.416 e. The number of fused-ring (bicyclic) bond motifs is 2. The Labute approximate surface area is 196 Å². The first-order valence-corrected chi connectivity index (χ1v) is 11.7. The lowest BCUT2D eigenvalue weighted by Crippen LogP contribution is -2.44. The van der Waals surface area contributed by atoms with E-state index in [0.29, 0.717) is 35.6 Å². The van der Waals surface area contributed by atoms with E-state index in [1.807, 2.05) is 13.0 Å². The normalized spacial score (nSPS) is 31.3. The number of pyridine rings is 1. The van der Waals surface area contributed by atoms with Crippen LogP contribution in [0, 0.1) is 29.6 Å². The van der Waals surface area contributed by atoms with E-state index in [4.69, 9.17) is 4.74 Å². The van der Waals surface area contributed by atoms with Crippen molar-refractivity contribution in [2.24, 2.45) is 29.6 Å². The van der Waals surface area contributed by atoms with E-state index in [1.54, 1.807) is 24.4 Å². The highest BCUT2D eigenvalue weighted by Crippen LogP contribution is 2.53. The van der Waals surface area contributed by atoms with Gasteiger partial charge in [-0.3, -0.25) is 14.6 Å². The summed E-state index contributed by atoms with van der Waals surface area (Å²) in [5, 5.41) is 0. The molecule has 34 heavy (non-hydrogen) atoms. The summed E-state index contributed by atoms with van der Waals surface area (Å²) >= 11 is 0. The van der Waals surface area contributed by atoms with Crippen molar-refractivity contribution < 1.29 is 27.5 Å². The molecule has 2 aromatic rings. The van der Waals surface area contributed by atoms with Crippen molar-refractivity contribution in [1.82, 2.24) is 4.98 Å². The molecule has 3 aliphatic rings. The van der Waals surface area contributed by atoms with Crippen molar-refractivity contribution in [1.29, 1.82) is 0 Å². The predicted octanol–water partition coefficient (Wildman–Crippen LogP) is 5.96. The number of cyclic esters (lactones) is 1. The number of ether oxygens (including phenoxy) is 1. The van der Waals surface area contributed by atoms with E-state index in [-0.39, 0.29) is 41.5 Å². The van der Waals surface area contributed by atoms with Crippen molar-refractivity contribution in [3.05, 3.63) is 59.9 Å². The molecule has 1 aromatic heterocycles. The summed E-state index contributed by atoms with van der Waals surface area (Å²) in [5.74, 6) is 0.672. The number of carbonyl (C=O) groups is 2. The molecule has 5 rings (SSSR count). The van der Waals surface area contributed by atoms with Crippen LogP contribution in [0.3, 0.4) is 0 Å². The molecule has 0 radical (unpaired) electrons. The van der Waals surface area contributed by atoms with Crippen LogP contribution < -0.4 is 0 Å². The fourth-order valence-electron chi connectivity index (χ4n) is 6.18. The maximum absolute atomic E-state index is 13.0. The summed E-state index contributed by atoms with van der Waals surface area (Å²) in [6, 6.07) is 8.75. The third kappa shape index (κ3) is 4.28. The van der Waals surface area contributed by atoms with Crippen LogP contribution in [-0.2, 0) is 20.5 Å². The molecule has 2 saturated carbocycles. The summed E-state index contributed by atoms with van der Waals surface area (Å²) in [6.07, 6.45) is 3.70. The average Bonchev–Trinajstić information content (AvgIpc) is 3.09. The number of hydrogen-bond donors (Lipinski definition) is 0. The molecule has 2 aliphatic carbocycles. The van der Waals surface area contributed by atoms with Crippen LogP contribution in [0.5, 0.6) is 0 Å². The zero-order valence-corrected chi connectivity index (χ0v) is 18.8. The topological polar surface area (TPSA) is 56.3 Å². The van der Waals surface area contributed by atoms with Crippen LogP contribution >= 0.6 is 0 Å². The summed E-state index contributed by atoms with van der Waals surface area (Å²) in [4.78, 5) is 28.9. The lowest BCUT2D eigenvalue weighted by molar-refractivity contribution is -0.145. The minimum Gasteiger partial charge on any atom is -0.462 e. The third-order valence-electron chi connectivity index (χ3n) is 7.76. The van der Waals surface area contributed by atoms with Gasteiger partial charge in [0, 0.05) is 30.5 Å². The second kappa shape index (κ2) is 8.67. The minimum atomic E-state index is -4.39. The highest BCUT2D eigenvalue weighted by Gasteiger charge is 2.54. The number of halogens is 3. The minimum absolute atomic E-state index is 0.0857. The van der Waals surface area contributed by atoms with Gasteiger partial charge in [-0.1, -0.05) is 24.3 Å². The van der Waals surface area contributed by atoms with Crippen molar-refractivity contribution in [3.8, 4) is 11.1 Å². The molecule has 178 valence electrons. The molecule has 1 aliphatic heterocycles. The van der Waals surface area contributed by atoms with Gasteiger partial charge in [-0.05, 0) is 67.4 Å². The predicted molar refractivity (Wildman–Crippen MR) is 120 cm³/mol. The highest BCUT2D eigenvalue weighted by atomic mass is 19.4. The monoisotopic (exact) mass is 469 g/mol. The molecule has 7 heteroatoms. The Morgan fingerprint density at radius 2 is 1.94 bits per heavy atom. The van der Waals surface area contributed by atoms with Crippen molar-refractivity contribution >= 4 is 17.8 Å². The quantitative estimate of drug-likeness (QED) is 0.520. The van der Waals surface area contributed by atoms with Gasteiger partial charge in [0.15, 0.2) is 0 Å². The average molecular weight is 470 g/mol. The van der Waals surface area contributed by atoms with Crippen LogP contribution in [0.15, 0.2) is 48.7 Å². The first-order valence-electron chi connectivity index (χ1n) is 11.7. The number of ketones is 1. The number of Topliss-reactive ketones (excluding diaryl/α,β-unsaturated/α-hetero) is 1. The Morgan fingerprint density at radius 3 is 2.68 bits per heavy atom. The number of alkyl halides is 3. The Bertz CT molecular complexity index is 1120. The van der Waals surface area contributed by atoms with Crippen LogP contribution in [0.1, 0.15) is 43.9 Å². The van der Waals surface area contributed by atoms with Gasteiger partial charge in [-0.25, -0.2) is 0 Å². The fourth-order valence-corrected chi connectivity index (χ4v) is 6.18. The maximum atomic E-state index is 13.0. The standard InChI is InChI=1S/C27H26F3NO3/c1-15-25-23(22-10-8-21(32)12-18(22)13-24(25)26(33)34-15)9-7-20-6-5-17(14-31-20)16-3-2-4-19(11-16)27(28,29)30/h2-7,9,11,14-15,18,22-25H,8,10,12-13H2,1H3/t15-,18+,22-,23+,24-,25+/m1/s1. The summed E-state index contributed by atoms with van der Waals surface area (Å²) < 4.78 is 44.7. The molecule has 1 aromatic carbocycles. The molecule has 4 nitrogen and oxygen atoms in total. The molecule has 6 atom stereocenters. The molecule has 0 N–H and O–H groups in total. The number of hydrogen-bond acceptors (Lipinski definition) is 4. The van der Waals surface area contributed by atoms with Crippen molar-refractivity contribution in [2.75, 3.05) is 0 Å². The Morgan fingerprint density at radius 1 is 1.12 bits per heavy atom. The molecule has 0 bridgehead atoms. The van der Waals surface area contributed by atoms with E-state index in [0.717, 1.165) is 25.0 Å². The van der Waals surface area contributed by atoms with E-state index in [9.17, 15) is 22.8 Å². The number of aromatic nitrogens is 1. The Kier molecular flexibility index (Phi) is 5.82. The largest absolute Gasteiger partial charge is 0.462 e. The molecule has 0 spiro atoms. The first kappa shape index (κ1) is 22.8. The van der Waals surface area contributed by atoms with Gasteiger partial charge in [0.1, 0.15) is 11.9 Å². The number of carbonyl (C=O) groups excluding carboxylic acids is 2. The van der Waals surface area contributed by atoms with Gasteiger partial charge in [0.2, 0.25) is 0 Å². The third-order valence-corrected chi connectivity index (χ3v) is 7.76. The zero-order chi connectivity index (χ0) is 24.0. The van der Waals surface area contributed by atoms with Crippen molar-refractivity contribution in [3.63, 3.8) is 0 Å². The molecule has 1 saturated heterocycles. The van der Waals surface area contributed by atoms with Crippen LogP contribution in [0.25, 0.3) is 17.2 Å². The molecular formula is C27H26F3NO3. The molecular weight excluding hydrogens is 443 g/mol. The Balaban J connectivity index is 1.38. The van der Waals surface area contributed by atoms with Gasteiger partial charge < -0.3 is 4.74 Å². The lowest BCUT2D eigenvalue weighted by Gasteiger charge is -2.45. The van der Waals surface area contributed by atoms with E-state index in [1.165, 1.54) is 6.07 Å². The second-order valence-electron chi connectivity index (χ2n) is 9.75. The Hall–Kier alpha value is -2.96. The van der Waals surface area contributed by atoms with Crippen molar-refractivity contribution in [2.45, 2.75) is 44.9 Å². The number of esters is 1. The van der Waals surface area contributed by atoms with Gasteiger partial charge in [0.25, 0.3) is 0 Å². The second-order valence-corrected chi connectivity index (χ2v) is 9.75.